The molecule has 1 N–H and O–H groups in total. The fourth-order valence-corrected chi connectivity index (χ4v) is 2.80. The normalized spacial score (nSPS) is 17.0. The molecule has 0 aromatic carbocycles. The summed E-state index contributed by atoms with van der Waals surface area (Å²) in [7, 11) is 0. The molecule has 1 aliphatic heterocycles. The van der Waals surface area contributed by atoms with Crippen LogP contribution in [0.5, 0.6) is 0 Å². The van der Waals surface area contributed by atoms with Crippen LogP contribution in [0.25, 0.3) is 0 Å². The van der Waals surface area contributed by atoms with Gasteiger partial charge in [-0.2, -0.15) is 11.8 Å². The van der Waals surface area contributed by atoms with E-state index in [9.17, 15) is 10.1 Å². The summed E-state index contributed by atoms with van der Waals surface area (Å²) in [5.74, 6) is 2.61. The summed E-state index contributed by atoms with van der Waals surface area (Å²) < 4.78 is 0. The molecule has 0 saturated carbocycles. The lowest BCUT2D eigenvalue weighted by molar-refractivity contribution is -0.384. The number of hydrogen-bond donors (Lipinski definition) is 1. The molecule has 0 unspecified atom stereocenters. The van der Waals surface area contributed by atoms with E-state index < -0.39 is 4.92 Å². The SMILES string of the molecule is O=[N+]([O-])c1cccnc1NC1CCSCC1. The predicted molar refractivity (Wildman–Crippen MR) is 64.9 cm³/mol. The highest BCUT2D eigenvalue weighted by Crippen LogP contribution is 2.25. The summed E-state index contributed by atoms with van der Waals surface area (Å²) in [5.41, 5.74) is 0.0562. The molecule has 0 spiro atoms. The number of nitro groups is 1. The van der Waals surface area contributed by atoms with Gasteiger partial charge in [-0.1, -0.05) is 0 Å². The van der Waals surface area contributed by atoms with E-state index in [2.05, 4.69) is 10.3 Å². The summed E-state index contributed by atoms with van der Waals surface area (Å²) in [6, 6.07) is 3.38. The van der Waals surface area contributed by atoms with E-state index in [-0.39, 0.29) is 5.69 Å². The zero-order chi connectivity index (χ0) is 11.4. The number of hydrogen-bond acceptors (Lipinski definition) is 5. The van der Waals surface area contributed by atoms with Gasteiger partial charge >= 0.3 is 5.69 Å². The minimum absolute atomic E-state index is 0.0562. The van der Waals surface area contributed by atoms with Crippen molar-refractivity contribution in [3.8, 4) is 0 Å². The molecule has 0 atom stereocenters. The lowest BCUT2D eigenvalue weighted by Gasteiger charge is -2.22. The van der Waals surface area contributed by atoms with Crippen molar-refractivity contribution in [3.63, 3.8) is 0 Å². The summed E-state index contributed by atoms with van der Waals surface area (Å²) in [6.45, 7) is 0. The first-order valence-corrected chi connectivity index (χ1v) is 6.36. The Balaban J connectivity index is 2.10. The minimum atomic E-state index is -0.396. The Morgan fingerprint density at radius 1 is 1.50 bits per heavy atom. The number of pyridine rings is 1. The third kappa shape index (κ3) is 2.63. The molecular weight excluding hydrogens is 226 g/mol. The molecule has 1 saturated heterocycles. The lowest BCUT2D eigenvalue weighted by atomic mass is 10.1. The standard InChI is InChI=1S/C10H13N3O2S/c14-13(15)9-2-1-5-11-10(9)12-8-3-6-16-7-4-8/h1-2,5,8H,3-4,6-7H2,(H,11,12). The van der Waals surface area contributed by atoms with Gasteiger partial charge in [0.05, 0.1) is 4.92 Å². The van der Waals surface area contributed by atoms with Gasteiger partial charge in [0.1, 0.15) is 0 Å². The van der Waals surface area contributed by atoms with Crippen LogP contribution >= 0.6 is 11.8 Å². The van der Waals surface area contributed by atoms with E-state index in [1.165, 1.54) is 6.07 Å². The van der Waals surface area contributed by atoms with Crippen molar-refractivity contribution in [1.29, 1.82) is 0 Å². The fraction of sp³-hybridized carbons (Fsp3) is 0.500. The Morgan fingerprint density at radius 3 is 2.94 bits per heavy atom. The van der Waals surface area contributed by atoms with Gasteiger partial charge in [-0.15, -0.1) is 0 Å². The molecule has 0 amide bonds. The van der Waals surface area contributed by atoms with Crippen LogP contribution in [0, 0.1) is 10.1 Å². The van der Waals surface area contributed by atoms with Crippen molar-refractivity contribution < 1.29 is 4.92 Å². The highest BCUT2D eigenvalue weighted by molar-refractivity contribution is 7.99. The molecule has 1 aromatic heterocycles. The van der Waals surface area contributed by atoms with Gasteiger partial charge in [-0.25, -0.2) is 4.98 Å². The Hall–Kier alpha value is -1.30. The van der Waals surface area contributed by atoms with Gasteiger partial charge in [-0.05, 0) is 30.4 Å². The number of thioether (sulfide) groups is 1. The maximum atomic E-state index is 10.8. The molecule has 1 aromatic rings. The molecular formula is C10H13N3O2S. The first kappa shape index (κ1) is 11.2. The van der Waals surface area contributed by atoms with Gasteiger partial charge < -0.3 is 5.32 Å². The fourth-order valence-electron chi connectivity index (χ4n) is 1.69. The van der Waals surface area contributed by atoms with Crippen LogP contribution in [-0.2, 0) is 0 Å². The molecule has 16 heavy (non-hydrogen) atoms. The quantitative estimate of drug-likeness (QED) is 0.647. The van der Waals surface area contributed by atoms with Crippen LogP contribution in [0.2, 0.25) is 0 Å². The highest BCUT2D eigenvalue weighted by Gasteiger charge is 2.19. The molecule has 6 heteroatoms. The highest BCUT2D eigenvalue weighted by atomic mass is 32.2. The second-order valence-corrected chi connectivity index (χ2v) is 4.88. The molecule has 0 radical (unpaired) electrons. The molecule has 2 heterocycles. The van der Waals surface area contributed by atoms with Crippen molar-refractivity contribution in [2.75, 3.05) is 16.8 Å². The van der Waals surface area contributed by atoms with E-state index in [4.69, 9.17) is 0 Å². The summed E-state index contributed by atoms with van der Waals surface area (Å²) >= 11 is 1.93. The lowest BCUT2D eigenvalue weighted by Crippen LogP contribution is -2.25. The average molecular weight is 239 g/mol. The van der Waals surface area contributed by atoms with Crippen LogP contribution in [0.1, 0.15) is 12.8 Å². The predicted octanol–water partition coefficient (Wildman–Crippen LogP) is 2.30. The molecule has 1 aliphatic rings. The van der Waals surface area contributed by atoms with E-state index in [0.717, 1.165) is 24.3 Å². The van der Waals surface area contributed by atoms with Gasteiger partial charge in [0.15, 0.2) is 0 Å². The Labute approximate surface area is 97.8 Å². The van der Waals surface area contributed by atoms with Crippen LogP contribution in [0.3, 0.4) is 0 Å². The van der Waals surface area contributed by atoms with Crippen molar-refractivity contribution >= 4 is 23.3 Å². The monoisotopic (exact) mass is 239 g/mol. The van der Waals surface area contributed by atoms with Crippen LogP contribution in [-0.4, -0.2) is 27.5 Å². The second kappa shape index (κ2) is 5.16. The molecule has 0 bridgehead atoms. The first-order valence-electron chi connectivity index (χ1n) is 5.21. The maximum absolute atomic E-state index is 10.8. The third-order valence-electron chi connectivity index (χ3n) is 2.55. The molecule has 5 nitrogen and oxygen atoms in total. The second-order valence-electron chi connectivity index (χ2n) is 3.66. The Kier molecular flexibility index (Phi) is 3.61. The van der Waals surface area contributed by atoms with Crippen molar-refractivity contribution in [3.05, 3.63) is 28.4 Å². The van der Waals surface area contributed by atoms with Crippen molar-refractivity contribution in [2.45, 2.75) is 18.9 Å². The summed E-state index contributed by atoms with van der Waals surface area (Å²) in [6.07, 6.45) is 3.66. The zero-order valence-electron chi connectivity index (χ0n) is 8.76. The van der Waals surface area contributed by atoms with Crippen molar-refractivity contribution in [2.24, 2.45) is 0 Å². The molecule has 2 rings (SSSR count). The van der Waals surface area contributed by atoms with Gasteiger partial charge in [0.2, 0.25) is 5.82 Å². The van der Waals surface area contributed by atoms with E-state index in [0.29, 0.717) is 11.9 Å². The van der Waals surface area contributed by atoms with Gasteiger partial charge in [-0.3, -0.25) is 10.1 Å². The Morgan fingerprint density at radius 2 is 2.25 bits per heavy atom. The maximum Gasteiger partial charge on any atom is 0.311 e. The third-order valence-corrected chi connectivity index (χ3v) is 3.59. The summed E-state index contributed by atoms with van der Waals surface area (Å²) in [5, 5.41) is 13.9. The Bertz CT molecular complexity index is 380. The van der Waals surface area contributed by atoms with Crippen molar-refractivity contribution in [1.82, 2.24) is 4.98 Å². The number of anilines is 1. The van der Waals surface area contributed by atoms with Crippen LogP contribution in [0.15, 0.2) is 18.3 Å². The summed E-state index contributed by atoms with van der Waals surface area (Å²) in [4.78, 5) is 14.4. The number of rotatable bonds is 3. The minimum Gasteiger partial charge on any atom is -0.362 e. The molecule has 86 valence electrons. The smallest absolute Gasteiger partial charge is 0.311 e. The molecule has 0 aliphatic carbocycles. The topological polar surface area (TPSA) is 68.1 Å². The van der Waals surface area contributed by atoms with Gasteiger partial charge in [0.25, 0.3) is 0 Å². The zero-order valence-corrected chi connectivity index (χ0v) is 9.57. The van der Waals surface area contributed by atoms with E-state index in [1.807, 2.05) is 11.8 Å². The number of nitrogens with zero attached hydrogens (tertiary/aromatic N) is 2. The average Bonchev–Trinajstić information content (AvgIpc) is 2.31. The van der Waals surface area contributed by atoms with E-state index >= 15 is 0 Å². The van der Waals surface area contributed by atoms with Crippen LogP contribution in [0.4, 0.5) is 11.5 Å². The van der Waals surface area contributed by atoms with Gasteiger partial charge in [0, 0.05) is 18.3 Å². The number of aromatic nitrogens is 1. The largest absolute Gasteiger partial charge is 0.362 e. The number of nitrogens with one attached hydrogen (secondary N) is 1. The van der Waals surface area contributed by atoms with Crippen LogP contribution < -0.4 is 5.32 Å². The van der Waals surface area contributed by atoms with E-state index in [1.54, 1.807) is 12.3 Å². The first-order chi connectivity index (χ1) is 7.77. The molecule has 1 fully saturated rings.